The van der Waals surface area contributed by atoms with Crippen molar-refractivity contribution in [2.75, 3.05) is 0 Å². The first-order valence-electron chi connectivity index (χ1n) is 5.22. The third kappa shape index (κ3) is 1.90. The highest BCUT2D eigenvalue weighted by Gasteiger charge is 2.11. The van der Waals surface area contributed by atoms with Crippen LogP contribution in [-0.4, -0.2) is 14.6 Å². The molecule has 17 heavy (non-hydrogen) atoms. The van der Waals surface area contributed by atoms with Gasteiger partial charge in [-0.3, -0.25) is 4.98 Å². The van der Waals surface area contributed by atoms with Crippen LogP contribution in [0.2, 0.25) is 0 Å². The number of pyridine rings is 1. The summed E-state index contributed by atoms with van der Waals surface area (Å²) in [6.07, 6.45) is 3.50. The van der Waals surface area contributed by atoms with Crippen molar-refractivity contribution in [3.8, 4) is 0 Å². The van der Waals surface area contributed by atoms with Crippen molar-refractivity contribution in [1.29, 1.82) is 0 Å². The van der Waals surface area contributed by atoms with Crippen LogP contribution in [-0.2, 0) is 0 Å². The van der Waals surface area contributed by atoms with Crippen LogP contribution in [0.4, 0.5) is 0 Å². The summed E-state index contributed by atoms with van der Waals surface area (Å²) < 4.78 is 3.83. The summed E-state index contributed by atoms with van der Waals surface area (Å²) in [4.78, 5) is 5.25. The van der Waals surface area contributed by atoms with Crippen molar-refractivity contribution < 1.29 is 0 Å². The third-order valence-electron chi connectivity index (χ3n) is 2.67. The van der Waals surface area contributed by atoms with Gasteiger partial charge in [0.15, 0.2) is 0 Å². The second-order valence-corrected chi connectivity index (χ2v) is 4.57. The molecule has 0 spiro atoms. The first-order valence-corrected chi connectivity index (χ1v) is 5.99. The number of hydrogen-bond acceptors (Lipinski definition) is 5. The zero-order valence-corrected chi connectivity index (χ0v) is 9.76. The average molecular weight is 242 g/mol. The molecule has 0 aliphatic rings. The zero-order chi connectivity index (χ0) is 11.7. The molecule has 0 aliphatic heterocycles. The van der Waals surface area contributed by atoms with E-state index in [1.54, 1.807) is 12.4 Å². The molecule has 0 radical (unpaired) electrons. The van der Waals surface area contributed by atoms with E-state index in [4.69, 9.17) is 5.73 Å². The number of hydrogen-bond donors (Lipinski definition) is 1. The van der Waals surface area contributed by atoms with Gasteiger partial charge in [-0.05, 0) is 35.3 Å². The molecule has 2 N–H and O–H groups in total. The Morgan fingerprint density at radius 3 is 3.00 bits per heavy atom. The normalized spacial score (nSPS) is 12.8. The van der Waals surface area contributed by atoms with Crippen LogP contribution in [0, 0.1) is 0 Å². The summed E-state index contributed by atoms with van der Waals surface area (Å²) in [5, 5.41) is 4.90. The Hall–Kier alpha value is -1.85. The topological polar surface area (TPSA) is 64.7 Å². The second-order valence-electron chi connectivity index (χ2n) is 3.75. The van der Waals surface area contributed by atoms with Crippen LogP contribution in [0.5, 0.6) is 0 Å². The highest BCUT2D eigenvalue weighted by Crippen LogP contribution is 2.24. The minimum atomic E-state index is -0.167. The van der Waals surface area contributed by atoms with Gasteiger partial charge in [0.25, 0.3) is 0 Å². The van der Waals surface area contributed by atoms with E-state index in [1.165, 1.54) is 11.5 Å². The zero-order valence-electron chi connectivity index (χ0n) is 8.95. The minimum absolute atomic E-state index is 0.167. The number of aromatic nitrogens is 3. The highest BCUT2D eigenvalue weighted by molar-refractivity contribution is 7.05. The van der Waals surface area contributed by atoms with Gasteiger partial charge in [0, 0.05) is 11.6 Å². The molecular weight excluding hydrogens is 232 g/mol. The minimum Gasteiger partial charge on any atom is -0.320 e. The van der Waals surface area contributed by atoms with E-state index in [0.717, 1.165) is 21.3 Å². The molecular formula is C12H10N4S. The monoisotopic (exact) mass is 242 g/mol. The van der Waals surface area contributed by atoms with E-state index in [2.05, 4.69) is 20.6 Å². The Morgan fingerprint density at radius 1 is 1.24 bits per heavy atom. The lowest BCUT2D eigenvalue weighted by molar-refractivity contribution is 0.890. The number of nitrogens with two attached hydrogens (primary N) is 1. The Bertz CT molecular complexity index is 636. The molecule has 1 unspecified atom stereocenters. The van der Waals surface area contributed by atoms with Crippen LogP contribution in [0.25, 0.3) is 10.9 Å². The van der Waals surface area contributed by atoms with Crippen molar-refractivity contribution in [3.05, 3.63) is 53.2 Å². The largest absolute Gasteiger partial charge is 0.320 e. The number of fused-ring (bicyclic) bond motifs is 1. The van der Waals surface area contributed by atoms with Crippen LogP contribution in [0.1, 0.15) is 16.5 Å². The Labute approximate surface area is 102 Å². The van der Waals surface area contributed by atoms with Crippen LogP contribution in [0.15, 0.2) is 42.7 Å². The number of nitrogens with zero attached hydrogens (tertiary/aromatic N) is 3. The predicted octanol–water partition coefficient (Wildman–Crippen LogP) is 2.13. The molecule has 5 heteroatoms. The molecule has 84 valence electrons. The molecule has 0 saturated carbocycles. The van der Waals surface area contributed by atoms with Gasteiger partial charge in [0.05, 0.1) is 22.6 Å². The number of benzene rings is 1. The van der Waals surface area contributed by atoms with E-state index >= 15 is 0 Å². The van der Waals surface area contributed by atoms with Crippen molar-refractivity contribution >= 4 is 22.4 Å². The summed E-state index contributed by atoms with van der Waals surface area (Å²) in [7, 11) is 0. The Balaban J connectivity index is 2.06. The van der Waals surface area contributed by atoms with Crippen molar-refractivity contribution in [1.82, 2.24) is 14.6 Å². The molecule has 1 atom stereocenters. The summed E-state index contributed by atoms with van der Waals surface area (Å²) in [5.41, 5.74) is 8.19. The van der Waals surface area contributed by atoms with E-state index in [-0.39, 0.29) is 6.04 Å². The standard InChI is InChI=1S/C12H10N4S/c13-12(11-7-15-16-17-11)9-3-4-10-8(6-9)2-1-5-14-10/h1-7,12H,13H2. The molecule has 0 aliphatic carbocycles. The fourth-order valence-corrected chi connectivity index (χ4v) is 2.30. The third-order valence-corrected chi connectivity index (χ3v) is 3.42. The lowest BCUT2D eigenvalue weighted by Crippen LogP contribution is -2.10. The molecule has 0 fully saturated rings. The van der Waals surface area contributed by atoms with Crippen LogP contribution in [0.3, 0.4) is 0 Å². The molecule has 2 heterocycles. The van der Waals surface area contributed by atoms with E-state index in [1.807, 2.05) is 24.3 Å². The fraction of sp³-hybridized carbons (Fsp3) is 0.0833. The quantitative estimate of drug-likeness (QED) is 0.747. The molecule has 3 rings (SSSR count). The lowest BCUT2D eigenvalue weighted by atomic mass is 10.0. The van der Waals surface area contributed by atoms with Gasteiger partial charge in [0.1, 0.15) is 0 Å². The summed E-state index contributed by atoms with van der Waals surface area (Å²) in [6, 6.07) is 9.83. The predicted molar refractivity (Wildman–Crippen MR) is 67.7 cm³/mol. The average Bonchev–Trinajstić information content (AvgIpc) is 2.91. The molecule has 0 bridgehead atoms. The number of rotatable bonds is 2. The molecule has 2 aromatic heterocycles. The molecule has 4 nitrogen and oxygen atoms in total. The maximum Gasteiger partial charge on any atom is 0.0702 e. The van der Waals surface area contributed by atoms with Gasteiger partial charge >= 0.3 is 0 Å². The van der Waals surface area contributed by atoms with Gasteiger partial charge in [-0.25, -0.2) is 0 Å². The second kappa shape index (κ2) is 4.20. The smallest absolute Gasteiger partial charge is 0.0702 e. The maximum absolute atomic E-state index is 6.16. The Morgan fingerprint density at radius 2 is 2.18 bits per heavy atom. The van der Waals surface area contributed by atoms with Gasteiger partial charge < -0.3 is 5.73 Å². The van der Waals surface area contributed by atoms with Gasteiger partial charge in [-0.1, -0.05) is 16.6 Å². The molecule has 0 saturated heterocycles. The summed E-state index contributed by atoms with van der Waals surface area (Å²) >= 11 is 1.33. The van der Waals surface area contributed by atoms with Gasteiger partial charge in [-0.15, -0.1) is 5.10 Å². The van der Waals surface area contributed by atoms with Gasteiger partial charge in [0.2, 0.25) is 0 Å². The van der Waals surface area contributed by atoms with Crippen molar-refractivity contribution in [2.24, 2.45) is 5.73 Å². The van der Waals surface area contributed by atoms with Crippen molar-refractivity contribution in [2.45, 2.75) is 6.04 Å². The van der Waals surface area contributed by atoms with Crippen molar-refractivity contribution in [3.63, 3.8) is 0 Å². The van der Waals surface area contributed by atoms with E-state index in [0.29, 0.717) is 0 Å². The van der Waals surface area contributed by atoms with E-state index in [9.17, 15) is 0 Å². The van der Waals surface area contributed by atoms with Gasteiger partial charge in [-0.2, -0.15) is 0 Å². The summed E-state index contributed by atoms with van der Waals surface area (Å²) in [5.74, 6) is 0. The SMILES string of the molecule is NC(c1ccc2ncccc2c1)c1cnns1. The maximum atomic E-state index is 6.16. The molecule has 1 aromatic carbocycles. The van der Waals surface area contributed by atoms with Crippen LogP contribution < -0.4 is 5.73 Å². The Kier molecular flexibility index (Phi) is 2.55. The van der Waals surface area contributed by atoms with Crippen LogP contribution >= 0.6 is 11.5 Å². The first kappa shape index (κ1) is 10.3. The van der Waals surface area contributed by atoms with E-state index < -0.39 is 0 Å². The fourth-order valence-electron chi connectivity index (χ4n) is 1.76. The summed E-state index contributed by atoms with van der Waals surface area (Å²) in [6.45, 7) is 0. The lowest BCUT2D eigenvalue weighted by Gasteiger charge is -2.09. The molecule has 3 aromatic rings. The first-order chi connectivity index (χ1) is 8.34. The molecule has 0 amide bonds. The highest BCUT2D eigenvalue weighted by atomic mass is 32.1.